The molecule has 0 saturated heterocycles. The number of ether oxygens (including phenoxy) is 2. The molecule has 0 bridgehead atoms. The van der Waals surface area contributed by atoms with Crippen LogP contribution < -0.4 is 25.4 Å². The minimum absolute atomic E-state index is 0.435. The SMILES string of the molecule is CCNC(=O)NC(=O)[C@H](Nc1ccc2c(c1)OCCO2)c1ccccc1. The zero-order chi connectivity index (χ0) is 18.4. The second-order valence-electron chi connectivity index (χ2n) is 5.70. The fraction of sp³-hybridized carbons (Fsp3) is 0.263. The highest BCUT2D eigenvalue weighted by Gasteiger charge is 2.23. The van der Waals surface area contributed by atoms with Crippen molar-refractivity contribution in [2.45, 2.75) is 13.0 Å². The van der Waals surface area contributed by atoms with E-state index < -0.39 is 18.0 Å². The first-order valence-electron chi connectivity index (χ1n) is 8.47. The van der Waals surface area contributed by atoms with Crippen molar-refractivity contribution in [3.8, 4) is 11.5 Å². The minimum Gasteiger partial charge on any atom is -0.486 e. The van der Waals surface area contributed by atoms with Crippen LogP contribution in [0.5, 0.6) is 11.5 Å². The van der Waals surface area contributed by atoms with E-state index in [9.17, 15) is 9.59 Å². The molecule has 1 aliphatic rings. The van der Waals surface area contributed by atoms with Crippen molar-refractivity contribution in [1.82, 2.24) is 10.6 Å². The standard InChI is InChI=1S/C19H21N3O4/c1-2-20-19(24)22-18(23)17(13-6-4-3-5-7-13)21-14-8-9-15-16(12-14)26-11-10-25-15/h3-9,12,17,21H,2,10-11H2,1H3,(H2,20,22,23,24)/t17-/m1/s1. The summed E-state index contributed by atoms with van der Waals surface area (Å²) in [6, 6.07) is 13.3. The Morgan fingerprint density at radius 1 is 1.04 bits per heavy atom. The molecule has 1 aliphatic heterocycles. The Kier molecular flexibility index (Phi) is 5.58. The van der Waals surface area contributed by atoms with Crippen molar-refractivity contribution in [1.29, 1.82) is 0 Å². The van der Waals surface area contributed by atoms with Gasteiger partial charge in [-0.2, -0.15) is 0 Å². The molecule has 0 unspecified atom stereocenters. The summed E-state index contributed by atoms with van der Waals surface area (Å²) in [4.78, 5) is 24.4. The number of anilines is 1. The largest absolute Gasteiger partial charge is 0.486 e. The molecule has 7 nitrogen and oxygen atoms in total. The Morgan fingerprint density at radius 2 is 1.77 bits per heavy atom. The molecule has 3 rings (SSSR count). The molecule has 0 aliphatic carbocycles. The summed E-state index contributed by atoms with van der Waals surface area (Å²) >= 11 is 0. The Bertz CT molecular complexity index is 780. The van der Waals surface area contributed by atoms with Gasteiger partial charge in [-0.05, 0) is 24.6 Å². The predicted octanol–water partition coefficient (Wildman–Crippen LogP) is 2.46. The van der Waals surface area contributed by atoms with Crippen LogP contribution in [0.4, 0.5) is 10.5 Å². The number of rotatable bonds is 5. The van der Waals surface area contributed by atoms with Gasteiger partial charge < -0.3 is 20.1 Å². The molecule has 1 heterocycles. The fourth-order valence-electron chi connectivity index (χ4n) is 2.63. The quantitative estimate of drug-likeness (QED) is 0.767. The van der Waals surface area contributed by atoms with E-state index in [0.29, 0.717) is 36.9 Å². The van der Waals surface area contributed by atoms with Crippen molar-refractivity contribution in [2.24, 2.45) is 0 Å². The van der Waals surface area contributed by atoms with E-state index in [4.69, 9.17) is 9.47 Å². The van der Waals surface area contributed by atoms with Gasteiger partial charge >= 0.3 is 6.03 Å². The third-order valence-corrected chi connectivity index (χ3v) is 3.82. The average molecular weight is 355 g/mol. The number of fused-ring (bicyclic) bond motifs is 1. The number of carbonyl (C=O) groups is 2. The van der Waals surface area contributed by atoms with Gasteiger partial charge in [-0.15, -0.1) is 0 Å². The molecular formula is C19H21N3O4. The van der Waals surface area contributed by atoms with Crippen LogP contribution in [0.25, 0.3) is 0 Å². The highest BCUT2D eigenvalue weighted by Crippen LogP contribution is 2.33. The number of benzene rings is 2. The van der Waals surface area contributed by atoms with Crippen LogP contribution in [-0.4, -0.2) is 31.7 Å². The first-order valence-corrected chi connectivity index (χ1v) is 8.47. The topological polar surface area (TPSA) is 88.7 Å². The summed E-state index contributed by atoms with van der Waals surface area (Å²) in [7, 11) is 0. The molecule has 0 fully saturated rings. The summed E-state index contributed by atoms with van der Waals surface area (Å²) in [6.45, 7) is 3.22. The second kappa shape index (κ2) is 8.24. The number of amides is 3. The van der Waals surface area contributed by atoms with Gasteiger partial charge in [0, 0.05) is 18.3 Å². The third kappa shape index (κ3) is 4.24. The van der Waals surface area contributed by atoms with Gasteiger partial charge in [-0.3, -0.25) is 10.1 Å². The Balaban J connectivity index is 1.82. The van der Waals surface area contributed by atoms with Crippen molar-refractivity contribution >= 4 is 17.6 Å². The van der Waals surface area contributed by atoms with E-state index in [2.05, 4.69) is 16.0 Å². The van der Waals surface area contributed by atoms with Crippen LogP contribution in [0.3, 0.4) is 0 Å². The van der Waals surface area contributed by atoms with Crippen LogP contribution in [0, 0.1) is 0 Å². The highest BCUT2D eigenvalue weighted by atomic mass is 16.6. The molecule has 1 atom stereocenters. The van der Waals surface area contributed by atoms with E-state index in [1.165, 1.54) is 0 Å². The van der Waals surface area contributed by atoms with Gasteiger partial charge in [-0.1, -0.05) is 30.3 Å². The van der Waals surface area contributed by atoms with Crippen LogP contribution >= 0.6 is 0 Å². The van der Waals surface area contributed by atoms with E-state index in [1.54, 1.807) is 19.1 Å². The number of urea groups is 1. The van der Waals surface area contributed by atoms with E-state index >= 15 is 0 Å². The summed E-state index contributed by atoms with van der Waals surface area (Å²) < 4.78 is 11.1. The van der Waals surface area contributed by atoms with Gasteiger partial charge in [0.1, 0.15) is 19.3 Å². The molecule has 0 aromatic heterocycles. The third-order valence-electron chi connectivity index (χ3n) is 3.82. The maximum atomic E-state index is 12.6. The lowest BCUT2D eigenvalue weighted by molar-refractivity contribution is -0.120. The monoisotopic (exact) mass is 355 g/mol. The van der Waals surface area contributed by atoms with E-state index in [0.717, 1.165) is 5.56 Å². The van der Waals surface area contributed by atoms with Gasteiger partial charge in [0.05, 0.1) is 0 Å². The highest BCUT2D eigenvalue weighted by molar-refractivity contribution is 5.98. The van der Waals surface area contributed by atoms with Crippen molar-refractivity contribution < 1.29 is 19.1 Å². The normalized spacial score (nSPS) is 13.4. The van der Waals surface area contributed by atoms with Crippen LogP contribution in [-0.2, 0) is 4.79 Å². The maximum absolute atomic E-state index is 12.6. The summed E-state index contributed by atoms with van der Waals surface area (Å²) in [5, 5.41) is 8.07. The minimum atomic E-state index is -0.735. The Labute approximate surface area is 151 Å². The van der Waals surface area contributed by atoms with Gasteiger partial charge in [-0.25, -0.2) is 4.79 Å². The van der Waals surface area contributed by atoms with Crippen LogP contribution in [0.1, 0.15) is 18.5 Å². The number of carbonyl (C=O) groups excluding carboxylic acids is 2. The molecule has 136 valence electrons. The average Bonchev–Trinajstić information content (AvgIpc) is 2.66. The first kappa shape index (κ1) is 17.6. The lowest BCUT2D eigenvalue weighted by Gasteiger charge is -2.22. The molecule has 0 saturated carbocycles. The number of hydrogen-bond acceptors (Lipinski definition) is 5. The summed E-state index contributed by atoms with van der Waals surface area (Å²) in [6.07, 6.45) is 0. The van der Waals surface area contributed by atoms with Crippen molar-refractivity contribution in [3.63, 3.8) is 0 Å². The van der Waals surface area contributed by atoms with Crippen molar-refractivity contribution in [3.05, 3.63) is 54.1 Å². The predicted molar refractivity (Wildman–Crippen MR) is 97.5 cm³/mol. The van der Waals surface area contributed by atoms with Crippen molar-refractivity contribution in [2.75, 3.05) is 25.1 Å². The summed E-state index contributed by atoms with van der Waals surface area (Å²) in [5.74, 6) is 0.846. The Hall–Kier alpha value is -3.22. The van der Waals surface area contributed by atoms with Crippen LogP contribution in [0.2, 0.25) is 0 Å². The zero-order valence-corrected chi connectivity index (χ0v) is 14.5. The molecule has 7 heteroatoms. The molecule has 3 N–H and O–H groups in total. The second-order valence-corrected chi connectivity index (χ2v) is 5.70. The molecule has 2 aromatic rings. The fourth-order valence-corrected chi connectivity index (χ4v) is 2.63. The number of hydrogen-bond donors (Lipinski definition) is 3. The number of nitrogens with one attached hydrogen (secondary N) is 3. The smallest absolute Gasteiger partial charge is 0.321 e. The molecule has 0 radical (unpaired) electrons. The molecule has 0 spiro atoms. The van der Waals surface area contributed by atoms with Gasteiger partial charge in [0.25, 0.3) is 5.91 Å². The Morgan fingerprint density at radius 3 is 2.50 bits per heavy atom. The molecule has 26 heavy (non-hydrogen) atoms. The molecular weight excluding hydrogens is 334 g/mol. The van der Waals surface area contributed by atoms with Gasteiger partial charge in [0.2, 0.25) is 0 Å². The molecule has 2 aromatic carbocycles. The summed E-state index contributed by atoms with van der Waals surface area (Å²) in [5.41, 5.74) is 1.43. The van der Waals surface area contributed by atoms with E-state index in [-0.39, 0.29) is 0 Å². The van der Waals surface area contributed by atoms with Crippen LogP contribution in [0.15, 0.2) is 48.5 Å². The van der Waals surface area contributed by atoms with Gasteiger partial charge in [0.15, 0.2) is 11.5 Å². The lowest BCUT2D eigenvalue weighted by atomic mass is 10.1. The zero-order valence-electron chi connectivity index (χ0n) is 14.5. The number of imide groups is 1. The first-order chi connectivity index (χ1) is 12.7. The lowest BCUT2D eigenvalue weighted by Crippen LogP contribution is -2.43. The van der Waals surface area contributed by atoms with E-state index in [1.807, 2.05) is 36.4 Å². The molecule has 3 amide bonds. The maximum Gasteiger partial charge on any atom is 0.321 e.